The topological polar surface area (TPSA) is 68.5 Å². The van der Waals surface area contributed by atoms with Crippen LogP contribution in [0.15, 0.2) is 23.2 Å². The molecule has 4 rings (SSSR count). The van der Waals surface area contributed by atoms with Gasteiger partial charge in [-0.2, -0.15) is 0 Å². The van der Waals surface area contributed by atoms with Gasteiger partial charge in [0.15, 0.2) is 5.75 Å². The minimum Gasteiger partial charge on any atom is -0.493 e. The predicted molar refractivity (Wildman–Crippen MR) is 97.0 cm³/mol. The van der Waals surface area contributed by atoms with Crippen LogP contribution in [0.5, 0.6) is 5.75 Å². The number of hydrogen-bond donors (Lipinski definition) is 0. The van der Waals surface area contributed by atoms with Crippen molar-refractivity contribution in [2.75, 3.05) is 38.7 Å². The molecule has 1 aromatic carbocycles. The number of methoxy groups -OCH3 is 1. The summed E-state index contributed by atoms with van der Waals surface area (Å²) in [5, 5.41) is 0. The maximum Gasteiger partial charge on any atom is 0.397 e. The molecule has 8 heteroatoms. The molecular formula is C18H22N5O3+. The van der Waals surface area contributed by atoms with Crippen LogP contribution in [-0.4, -0.2) is 77.9 Å². The third-order valence-corrected chi connectivity index (χ3v) is 5.14. The van der Waals surface area contributed by atoms with Crippen molar-refractivity contribution in [1.82, 2.24) is 9.80 Å². The van der Waals surface area contributed by atoms with Crippen LogP contribution in [0.25, 0.3) is 0 Å². The second-order valence-electron chi connectivity index (χ2n) is 6.62. The van der Waals surface area contributed by atoms with E-state index in [0.717, 1.165) is 17.0 Å². The van der Waals surface area contributed by atoms with Crippen LogP contribution in [0.1, 0.15) is 12.5 Å². The number of benzene rings is 1. The molecule has 3 aliphatic rings. The Hall–Kier alpha value is -2.90. The van der Waals surface area contributed by atoms with E-state index < -0.39 is 6.04 Å². The number of urea groups is 1. The van der Waals surface area contributed by atoms with Gasteiger partial charge < -0.3 is 4.74 Å². The zero-order valence-electron chi connectivity index (χ0n) is 15.4. The Kier molecular flexibility index (Phi) is 3.71. The van der Waals surface area contributed by atoms with E-state index in [1.165, 1.54) is 9.80 Å². The highest BCUT2D eigenvalue weighted by Crippen LogP contribution is 2.33. The minimum atomic E-state index is -0.534. The number of fused-ring (bicyclic) bond motifs is 2. The molecule has 1 unspecified atom stereocenters. The Balaban J connectivity index is 1.79. The number of anilines is 1. The molecule has 3 aliphatic heterocycles. The van der Waals surface area contributed by atoms with Crippen LogP contribution >= 0.6 is 0 Å². The predicted octanol–water partition coefficient (Wildman–Crippen LogP) is 0.887. The molecule has 1 saturated heterocycles. The molecule has 0 bridgehead atoms. The number of guanidine groups is 1. The lowest BCUT2D eigenvalue weighted by molar-refractivity contribution is -0.525. The fourth-order valence-corrected chi connectivity index (χ4v) is 3.79. The van der Waals surface area contributed by atoms with Crippen molar-refractivity contribution in [3.63, 3.8) is 0 Å². The highest BCUT2D eigenvalue weighted by molar-refractivity contribution is 6.24. The number of aryl methyl sites for hydroxylation is 1. The van der Waals surface area contributed by atoms with Gasteiger partial charge in [0.2, 0.25) is 11.9 Å². The van der Waals surface area contributed by atoms with Crippen molar-refractivity contribution >= 4 is 29.4 Å². The molecule has 1 fully saturated rings. The van der Waals surface area contributed by atoms with Crippen molar-refractivity contribution in [2.24, 2.45) is 4.99 Å². The van der Waals surface area contributed by atoms with E-state index in [1.54, 1.807) is 21.1 Å². The first-order valence-corrected chi connectivity index (χ1v) is 8.71. The summed E-state index contributed by atoms with van der Waals surface area (Å²) in [5.41, 5.74) is 2.03. The Bertz CT molecular complexity index is 876. The van der Waals surface area contributed by atoms with E-state index in [2.05, 4.69) is 9.89 Å². The lowest BCUT2D eigenvalue weighted by Gasteiger charge is -2.33. The lowest BCUT2D eigenvalue weighted by atomic mass is 10.1. The molecule has 136 valence electrons. The maximum absolute atomic E-state index is 12.9. The van der Waals surface area contributed by atoms with Gasteiger partial charge in [0, 0.05) is 13.6 Å². The van der Waals surface area contributed by atoms with Gasteiger partial charge in [-0.05, 0) is 31.5 Å². The first-order chi connectivity index (χ1) is 12.5. The standard InChI is InChI=1S/C18H22N5O3/c1-5-21-16(24)14-15(20(3)18(21)25)19-17-22(8-9-23(14)17)12-10-11(2)6-7-13(12)26-4/h6-7,10,14H,5,8-9H2,1-4H3/q+1. The smallest absolute Gasteiger partial charge is 0.397 e. The summed E-state index contributed by atoms with van der Waals surface area (Å²) in [7, 11) is 3.31. The van der Waals surface area contributed by atoms with Crippen molar-refractivity contribution < 1.29 is 18.9 Å². The van der Waals surface area contributed by atoms with Crippen LogP contribution in [-0.2, 0) is 4.79 Å². The van der Waals surface area contributed by atoms with Crippen molar-refractivity contribution in [3.05, 3.63) is 23.8 Å². The number of amides is 3. The third kappa shape index (κ3) is 2.14. The third-order valence-electron chi connectivity index (χ3n) is 5.14. The Morgan fingerprint density at radius 2 is 2.12 bits per heavy atom. The van der Waals surface area contributed by atoms with E-state index in [-0.39, 0.29) is 11.9 Å². The van der Waals surface area contributed by atoms with Gasteiger partial charge in [0.1, 0.15) is 12.2 Å². The van der Waals surface area contributed by atoms with Crippen molar-refractivity contribution in [3.8, 4) is 5.75 Å². The molecule has 0 aliphatic carbocycles. The second-order valence-corrected chi connectivity index (χ2v) is 6.62. The van der Waals surface area contributed by atoms with Gasteiger partial charge in [0.25, 0.3) is 5.91 Å². The molecule has 0 N–H and O–H groups in total. The first kappa shape index (κ1) is 16.6. The molecule has 0 aromatic heterocycles. The molecule has 0 spiro atoms. The summed E-state index contributed by atoms with van der Waals surface area (Å²) in [4.78, 5) is 34.8. The van der Waals surface area contributed by atoms with Crippen molar-refractivity contribution in [1.29, 1.82) is 0 Å². The molecule has 3 amide bonds. The fraction of sp³-hybridized carbons (Fsp3) is 0.444. The minimum absolute atomic E-state index is 0.206. The van der Waals surface area contributed by atoms with Crippen LogP contribution in [0, 0.1) is 6.92 Å². The zero-order chi connectivity index (χ0) is 18.6. The maximum atomic E-state index is 12.9. The van der Waals surface area contributed by atoms with Gasteiger partial charge >= 0.3 is 12.0 Å². The highest BCUT2D eigenvalue weighted by atomic mass is 16.5. The zero-order valence-corrected chi connectivity index (χ0v) is 15.4. The first-order valence-electron chi connectivity index (χ1n) is 8.71. The Labute approximate surface area is 152 Å². The van der Waals surface area contributed by atoms with Gasteiger partial charge in [-0.3, -0.25) is 14.6 Å². The van der Waals surface area contributed by atoms with E-state index >= 15 is 0 Å². The summed E-state index contributed by atoms with van der Waals surface area (Å²) in [5.74, 6) is 1.74. The molecule has 1 aromatic rings. The highest BCUT2D eigenvalue weighted by Gasteiger charge is 2.55. The molecule has 0 saturated carbocycles. The summed E-state index contributed by atoms with van der Waals surface area (Å²) in [6.07, 6.45) is 0. The number of carbonyl (C=O) groups is 2. The fourth-order valence-electron chi connectivity index (χ4n) is 3.79. The normalized spacial score (nSPS) is 22.1. The number of hydrogen-bond acceptors (Lipinski definition) is 5. The molecule has 26 heavy (non-hydrogen) atoms. The van der Waals surface area contributed by atoms with Crippen LogP contribution < -0.4 is 9.64 Å². The van der Waals surface area contributed by atoms with E-state index in [9.17, 15) is 9.59 Å². The number of aliphatic imine (C=N–C) groups is 1. The van der Waals surface area contributed by atoms with E-state index in [1.807, 2.05) is 29.7 Å². The average molecular weight is 356 g/mol. The monoisotopic (exact) mass is 356 g/mol. The Morgan fingerprint density at radius 1 is 1.35 bits per heavy atom. The average Bonchev–Trinajstić information content (AvgIpc) is 3.19. The number of rotatable bonds is 3. The SMILES string of the molecule is CCN1C(=O)C2C(=NC3=[N+]2CCN3c2cc(C)ccc2OC)N(C)C1=O. The summed E-state index contributed by atoms with van der Waals surface area (Å²) < 4.78 is 7.49. The number of imide groups is 1. The number of likely N-dealkylation sites (N-methyl/N-ethyl adjacent to an activating group) is 2. The van der Waals surface area contributed by atoms with Gasteiger partial charge in [-0.15, -0.1) is 0 Å². The summed E-state index contributed by atoms with van der Waals surface area (Å²) in [6.45, 7) is 5.55. The summed E-state index contributed by atoms with van der Waals surface area (Å²) >= 11 is 0. The van der Waals surface area contributed by atoms with Gasteiger partial charge in [0.05, 0.1) is 13.7 Å². The number of ether oxygens (including phenoxy) is 1. The number of amidine groups is 1. The van der Waals surface area contributed by atoms with Crippen LogP contribution in [0.4, 0.5) is 10.5 Å². The molecule has 3 heterocycles. The quantitative estimate of drug-likeness (QED) is 0.754. The molecule has 1 atom stereocenters. The summed E-state index contributed by atoms with van der Waals surface area (Å²) in [6, 6.07) is 5.12. The van der Waals surface area contributed by atoms with Crippen LogP contribution in [0.2, 0.25) is 0 Å². The lowest BCUT2D eigenvalue weighted by Crippen LogP contribution is -2.62. The van der Waals surface area contributed by atoms with Crippen molar-refractivity contribution in [2.45, 2.75) is 19.9 Å². The van der Waals surface area contributed by atoms with E-state index in [4.69, 9.17) is 4.74 Å². The van der Waals surface area contributed by atoms with Gasteiger partial charge in [-0.25, -0.2) is 14.3 Å². The number of nitrogens with zero attached hydrogens (tertiary/aromatic N) is 5. The van der Waals surface area contributed by atoms with E-state index in [0.29, 0.717) is 31.4 Å². The molecule has 8 nitrogen and oxygen atoms in total. The molecular weight excluding hydrogens is 334 g/mol. The second kappa shape index (κ2) is 5.82. The van der Waals surface area contributed by atoms with Gasteiger partial charge in [-0.1, -0.05) is 11.1 Å². The van der Waals surface area contributed by atoms with Crippen LogP contribution in [0.3, 0.4) is 0 Å². The number of carbonyl (C=O) groups excluding carboxylic acids is 2. The Morgan fingerprint density at radius 3 is 2.81 bits per heavy atom. The molecule has 0 radical (unpaired) electrons. The largest absolute Gasteiger partial charge is 0.493 e.